The summed E-state index contributed by atoms with van der Waals surface area (Å²) in [5.74, 6) is 0.942. The zero-order valence-corrected chi connectivity index (χ0v) is 18.5. The molecule has 2 aromatic heterocycles. The molecular formula is C26H23N3O2S. The summed E-state index contributed by atoms with van der Waals surface area (Å²) in [5.41, 5.74) is 4.44. The maximum Gasteiger partial charge on any atom is 0.253 e. The molecule has 1 aliphatic heterocycles. The highest BCUT2D eigenvalue weighted by molar-refractivity contribution is 7.08. The number of fused-ring (bicyclic) bond motifs is 1. The van der Waals surface area contributed by atoms with Gasteiger partial charge in [-0.1, -0.05) is 12.1 Å². The minimum absolute atomic E-state index is 0.00588. The molecule has 1 saturated heterocycles. The van der Waals surface area contributed by atoms with E-state index in [1.54, 1.807) is 35.6 Å². The number of nitriles is 1. The highest BCUT2D eigenvalue weighted by Crippen LogP contribution is 2.28. The Labute approximate surface area is 191 Å². The van der Waals surface area contributed by atoms with E-state index in [9.17, 15) is 4.79 Å². The standard InChI is InChI=1S/C26H23N3O2S/c27-16-19-3-1-4-21(13-19)26(30)29-9-2-8-28(10-11-29)17-24-15-23-14-20(5-6-25(23)31-24)22-7-12-32-18-22/h1,3-7,12-15,18H,2,8-11,17H2. The van der Waals surface area contributed by atoms with Gasteiger partial charge in [0.05, 0.1) is 18.2 Å². The average molecular weight is 442 g/mol. The Morgan fingerprint density at radius 3 is 2.81 bits per heavy atom. The summed E-state index contributed by atoms with van der Waals surface area (Å²) in [6.45, 7) is 3.82. The van der Waals surface area contributed by atoms with Gasteiger partial charge in [0.15, 0.2) is 0 Å². The molecule has 32 heavy (non-hydrogen) atoms. The molecule has 4 aromatic rings. The average Bonchev–Trinajstić information content (AvgIpc) is 3.44. The first-order chi connectivity index (χ1) is 15.7. The third-order valence-corrected chi connectivity index (χ3v) is 6.60. The first-order valence-corrected chi connectivity index (χ1v) is 11.7. The molecule has 0 unspecified atom stereocenters. The summed E-state index contributed by atoms with van der Waals surface area (Å²) in [4.78, 5) is 17.1. The van der Waals surface area contributed by atoms with E-state index in [2.05, 4.69) is 46.0 Å². The predicted octanol–water partition coefficient (Wildman–Crippen LogP) is 5.38. The maximum atomic E-state index is 12.9. The Morgan fingerprint density at radius 1 is 1.03 bits per heavy atom. The van der Waals surface area contributed by atoms with Crippen LogP contribution in [0.3, 0.4) is 0 Å². The third-order valence-electron chi connectivity index (χ3n) is 5.92. The Balaban J connectivity index is 1.25. The van der Waals surface area contributed by atoms with E-state index in [1.807, 2.05) is 11.0 Å². The van der Waals surface area contributed by atoms with Crippen molar-refractivity contribution >= 4 is 28.2 Å². The van der Waals surface area contributed by atoms with Crippen molar-refractivity contribution in [2.45, 2.75) is 13.0 Å². The maximum absolute atomic E-state index is 12.9. The van der Waals surface area contributed by atoms with Crippen molar-refractivity contribution in [3.05, 3.63) is 82.2 Å². The van der Waals surface area contributed by atoms with Gasteiger partial charge in [0, 0.05) is 37.1 Å². The second kappa shape index (κ2) is 8.99. The Bertz CT molecular complexity index is 1290. The van der Waals surface area contributed by atoms with E-state index in [0.29, 0.717) is 17.7 Å². The van der Waals surface area contributed by atoms with Crippen LogP contribution in [0, 0.1) is 11.3 Å². The molecule has 2 aromatic carbocycles. The van der Waals surface area contributed by atoms with Gasteiger partial charge in [0.2, 0.25) is 0 Å². The molecule has 0 radical (unpaired) electrons. The van der Waals surface area contributed by atoms with E-state index < -0.39 is 0 Å². The van der Waals surface area contributed by atoms with Crippen molar-refractivity contribution < 1.29 is 9.21 Å². The van der Waals surface area contributed by atoms with Crippen LogP contribution in [-0.2, 0) is 6.54 Å². The molecule has 6 heteroatoms. The zero-order chi connectivity index (χ0) is 21.9. The van der Waals surface area contributed by atoms with Gasteiger partial charge in [0.1, 0.15) is 11.3 Å². The number of amides is 1. The van der Waals surface area contributed by atoms with E-state index >= 15 is 0 Å². The lowest BCUT2D eigenvalue weighted by Gasteiger charge is -2.21. The molecule has 5 rings (SSSR count). The van der Waals surface area contributed by atoms with E-state index in [4.69, 9.17) is 9.68 Å². The molecule has 1 fully saturated rings. The Morgan fingerprint density at radius 2 is 1.97 bits per heavy atom. The quantitative estimate of drug-likeness (QED) is 0.427. The van der Waals surface area contributed by atoms with E-state index in [-0.39, 0.29) is 5.91 Å². The van der Waals surface area contributed by atoms with Gasteiger partial charge in [-0.15, -0.1) is 0 Å². The topological polar surface area (TPSA) is 60.5 Å². The second-order valence-electron chi connectivity index (χ2n) is 8.09. The highest BCUT2D eigenvalue weighted by atomic mass is 32.1. The monoisotopic (exact) mass is 441 g/mol. The number of carbonyl (C=O) groups excluding carboxylic acids is 1. The number of hydrogen-bond donors (Lipinski definition) is 0. The van der Waals surface area contributed by atoms with Crippen molar-refractivity contribution in [1.82, 2.24) is 9.80 Å². The fourth-order valence-electron chi connectivity index (χ4n) is 4.24. The van der Waals surface area contributed by atoms with Crippen LogP contribution >= 0.6 is 11.3 Å². The molecule has 0 N–H and O–H groups in total. The summed E-state index contributed by atoms with van der Waals surface area (Å²) in [6.07, 6.45) is 0.909. The third kappa shape index (κ3) is 4.31. The Hall–Kier alpha value is -3.40. The fourth-order valence-corrected chi connectivity index (χ4v) is 4.91. The summed E-state index contributed by atoms with van der Waals surface area (Å²) in [5, 5.41) is 14.5. The minimum Gasteiger partial charge on any atom is -0.460 e. The van der Waals surface area contributed by atoms with Crippen LogP contribution in [0.4, 0.5) is 0 Å². The van der Waals surface area contributed by atoms with Crippen molar-refractivity contribution in [3.63, 3.8) is 0 Å². The number of hydrogen-bond acceptors (Lipinski definition) is 5. The number of rotatable bonds is 4. The normalized spacial score (nSPS) is 14.9. The number of thiophene rings is 1. The molecule has 0 saturated carbocycles. The van der Waals surface area contributed by atoms with E-state index in [0.717, 1.165) is 49.3 Å². The summed E-state index contributed by atoms with van der Waals surface area (Å²) in [7, 11) is 0. The SMILES string of the molecule is N#Cc1cccc(C(=O)N2CCCN(Cc3cc4cc(-c5ccsc5)ccc4o3)CC2)c1. The van der Waals surface area contributed by atoms with Crippen molar-refractivity contribution in [3.8, 4) is 17.2 Å². The zero-order valence-electron chi connectivity index (χ0n) is 17.7. The summed E-state index contributed by atoms with van der Waals surface area (Å²) < 4.78 is 6.10. The summed E-state index contributed by atoms with van der Waals surface area (Å²) >= 11 is 1.70. The molecule has 0 atom stereocenters. The first-order valence-electron chi connectivity index (χ1n) is 10.8. The van der Waals surface area contributed by atoms with E-state index in [1.165, 1.54) is 11.1 Å². The Kier molecular flexibility index (Phi) is 5.76. The van der Waals surface area contributed by atoms with Gasteiger partial charge in [-0.3, -0.25) is 9.69 Å². The summed E-state index contributed by atoms with van der Waals surface area (Å²) in [6, 6.07) is 19.6. The van der Waals surface area contributed by atoms with Crippen LogP contribution in [0.15, 0.2) is 69.8 Å². The molecule has 1 aliphatic rings. The van der Waals surface area contributed by atoms with Gasteiger partial charge in [-0.25, -0.2) is 0 Å². The van der Waals surface area contributed by atoms with Crippen LogP contribution in [0.5, 0.6) is 0 Å². The first kappa shape index (κ1) is 20.5. The van der Waals surface area contributed by atoms with Crippen LogP contribution in [0.1, 0.15) is 28.1 Å². The number of carbonyl (C=O) groups is 1. The van der Waals surface area contributed by atoms with Crippen molar-refractivity contribution in [1.29, 1.82) is 5.26 Å². The lowest BCUT2D eigenvalue weighted by Crippen LogP contribution is -2.35. The lowest BCUT2D eigenvalue weighted by molar-refractivity contribution is 0.0761. The van der Waals surface area contributed by atoms with Gasteiger partial charge in [-0.05, 0) is 70.8 Å². The molecular weight excluding hydrogens is 418 g/mol. The van der Waals surface area contributed by atoms with Gasteiger partial charge in [-0.2, -0.15) is 16.6 Å². The molecule has 0 aliphatic carbocycles. The number of furan rings is 1. The van der Waals surface area contributed by atoms with Gasteiger partial charge >= 0.3 is 0 Å². The van der Waals surface area contributed by atoms with Gasteiger partial charge in [0.25, 0.3) is 5.91 Å². The van der Waals surface area contributed by atoms with Crippen molar-refractivity contribution in [2.24, 2.45) is 0 Å². The molecule has 1 amide bonds. The van der Waals surface area contributed by atoms with Crippen LogP contribution in [-0.4, -0.2) is 41.9 Å². The van der Waals surface area contributed by atoms with Crippen LogP contribution in [0.2, 0.25) is 0 Å². The second-order valence-corrected chi connectivity index (χ2v) is 8.87. The number of benzene rings is 2. The number of nitrogens with zero attached hydrogens (tertiary/aromatic N) is 3. The van der Waals surface area contributed by atoms with Crippen molar-refractivity contribution in [2.75, 3.05) is 26.2 Å². The highest BCUT2D eigenvalue weighted by Gasteiger charge is 2.21. The van der Waals surface area contributed by atoms with Crippen LogP contribution < -0.4 is 0 Å². The molecule has 5 nitrogen and oxygen atoms in total. The molecule has 3 heterocycles. The molecule has 0 bridgehead atoms. The lowest BCUT2D eigenvalue weighted by atomic mass is 10.1. The molecule has 0 spiro atoms. The minimum atomic E-state index is -0.00588. The predicted molar refractivity (Wildman–Crippen MR) is 126 cm³/mol. The van der Waals surface area contributed by atoms with Crippen LogP contribution in [0.25, 0.3) is 22.1 Å². The smallest absolute Gasteiger partial charge is 0.253 e. The fraction of sp³-hybridized carbons (Fsp3) is 0.231. The van der Waals surface area contributed by atoms with Gasteiger partial charge < -0.3 is 9.32 Å². The molecule has 160 valence electrons. The largest absolute Gasteiger partial charge is 0.460 e.